The van der Waals surface area contributed by atoms with E-state index in [0.29, 0.717) is 11.3 Å². The second-order valence-electron chi connectivity index (χ2n) is 7.18. The summed E-state index contributed by atoms with van der Waals surface area (Å²) in [7, 11) is 3.94. The lowest BCUT2D eigenvalue weighted by Gasteiger charge is -2.32. The van der Waals surface area contributed by atoms with Crippen LogP contribution in [0.15, 0.2) is 42.5 Å². The molecule has 0 aromatic heterocycles. The van der Waals surface area contributed by atoms with Gasteiger partial charge in [0.2, 0.25) is 0 Å². The number of nitrogen functional groups attached to an aromatic ring is 1. The quantitative estimate of drug-likeness (QED) is 0.860. The molecule has 5 nitrogen and oxygen atoms in total. The minimum absolute atomic E-state index is 0.0283. The molecule has 0 unspecified atom stereocenters. The summed E-state index contributed by atoms with van der Waals surface area (Å²) in [5, 5.41) is 0. The van der Waals surface area contributed by atoms with Gasteiger partial charge in [0, 0.05) is 56.7 Å². The summed E-state index contributed by atoms with van der Waals surface area (Å²) in [6.45, 7) is 7.30. The maximum atomic E-state index is 12.7. The molecule has 138 valence electrons. The van der Waals surface area contributed by atoms with E-state index >= 15 is 0 Å². The highest BCUT2D eigenvalue weighted by Gasteiger charge is 2.16. The molecule has 0 bridgehead atoms. The predicted octanol–water partition coefficient (Wildman–Crippen LogP) is 2.60. The summed E-state index contributed by atoms with van der Waals surface area (Å²) < 4.78 is 0. The van der Waals surface area contributed by atoms with Gasteiger partial charge in [-0.15, -0.1) is 0 Å². The average Bonchev–Trinajstić information content (AvgIpc) is 2.65. The first-order chi connectivity index (χ1) is 12.4. The molecule has 1 aliphatic heterocycles. The number of hydrogen-bond acceptors (Lipinski definition) is 4. The first kappa shape index (κ1) is 18.4. The van der Waals surface area contributed by atoms with Gasteiger partial charge in [-0.1, -0.05) is 18.2 Å². The van der Waals surface area contributed by atoms with Crippen molar-refractivity contribution in [3.05, 3.63) is 59.2 Å². The number of rotatable bonds is 4. The maximum absolute atomic E-state index is 12.7. The molecule has 2 aromatic carbocycles. The number of aryl methyl sites for hydroxylation is 1. The van der Waals surface area contributed by atoms with Crippen molar-refractivity contribution in [1.29, 1.82) is 0 Å². The summed E-state index contributed by atoms with van der Waals surface area (Å²) in [4.78, 5) is 19.2. The summed E-state index contributed by atoms with van der Waals surface area (Å²) in [5.74, 6) is -0.0283. The lowest BCUT2D eigenvalue weighted by molar-refractivity contribution is 0.0993. The molecular formula is C21H28N4O. The number of amides is 1. The zero-order chi connectivity index (χ0) is 18.7. The third-order valence-electron chi connectivity index (χ3n) is 5.16. The van der Waals surface area contributed by atoms with Crippen LogP contribution < -0.4 is 10.6 Å². The van der Waals surface area contributed by atoms with Gasteiger partial charge in [0.05, 0.1) is 0 Å². The fourth-order valence-electron chi connectivity index (χ4n) is 3.16. The molecule has 0 saturated carbocycles. The Kier molecular flexibility index (Phi) is 5.59. The first-order valence-corrected chi connectivity index (χ1v) is 9.08. The van der Waals surface area contributed by atoms with Crippen LogP contribution in [-0.4, -0.2) is 56.0 Å². The molecule has 1 heterocycles. The van der Waals surface area contributed by atoms with Gasteiger partial charge in [0.1, 0.15) is 0 Å². The van der Waals surface area contributed by atoms with Crippen molar-refractivity contribution in [2.75, 3.05) is 50.9 Å². The SMILES string of the molecule is Cc1ccc(N(C)C(=O)c2ccc(CN3CCN(C)CC3)cc2)cc1N. The van der Waals surface area contributed by atoms with Crippen molar-refractivity contribution >= 4 is 17.3 Å². The van der Waals surface area contributed by atoms with Crippen LogP contribution in [0.25, 0.3) is 0 Å². The Bertz CT molecular complexity index is 764. The second-order valence-corrected chi connectivity index (χ2v) is 7.18. The van der Waals surface area contributed by atoms with Crippen molar-refractivity contribution in [3.8, 4) is 0 Å². The smallest absolute Gasteiger partial charge is 0.258 e. The lowest BCUT2D eigenvalue weighted by Crippen LogP contribution is -2.43. The Labute approximate surface area is 156 Å². The number of benzene rings is 2. The summed E-state index contributed by atoms with van der Waals surface area (Å²) >= 11 is 0. The van der Waals surface area contributed by atoms with Crippen molar-refractivity contribution in [2.24, 2.45) is 0 Å². The first-order valence-electron chi connectivity index (χ1n) is 9.08. The molecule has 3 rings (SSSR count). The van der Waals surface area contributed by atoms with Gasteiger partial charge in [-0.2, -0.15) is 0 Å². The fraction of sp³-hybridized carbons (Fsp3) is 0.381. The van der Waals surface area contributed by atoms with Gasteiger partial charge in [-0.25, -0.2) is 0 Å². The second kappa shape index (κ2) is 7.89. The zero-order valence-electron chi connectivity index (χ0n) is 15.9. The minimum atomic E-state index is -0.0283. The molecule has 2 N–H and O–H groups in total. The van der Waals surface area contributed by atoms with Gasteiger partial charge in [-0.3, -0.25) is 9.69 Å². The van der Waals surface area contributed by atoms with Crippen LogP contribution in [-0.2, 0) is 6.54 Å². The van der Waals surface area contributed by atoms with Crippen molar-refractivity contribution in [2.45, 2.75) is 13.5 Å². The van der Waals surface area contributed by atoms with Crippen LogP contribution >= 0.6 is 0 Å². The van der Waals surface area contributed by atoms with Gasteiger partial charge < -0.3 is 15.5 Å². The standard InChI is InChI=1S/C21H28N4O/c1-16-4-9-19(14-20(16)22)24(3)21(26)18-7-5-17(6-8-18)15-25-12-10-23(2)11-13-25/h4-9,14H,10-13,15,22H2,1-3H3. The van der Waals surface area contributed by atoms with E-state index in [4.69, 9.17) is 5.73 Å². The summed E-state index contributed by atoms with van der Waals surface area (Å²) in [6.07, 6.45) is 0. The van der Waals surface area contributed by atoms with Gasteiger partial charge in [-0.05, 0) is 49.4 Å². The monoisotopic (exact) mass is 352 g/mol. The Morgan fingerprint density at radius 2 is 1.73 bits per heavy atom. The number of nitrogens with two attached hydrogens (primary N) is 1. The molecule has 26 heavy (non-hydrogen) atoms. The van der Waals surface area contributed by atoms with Crippen LogP contribution in [0.2, 0.25) is 0 Å². The van der Waals surface area contributed by atoms with E-state index in [1.165, 1.54) is 5.56 Å². The highest BCUT2D eigenvalue weighted by molar-refractivity contribution is 6.05. The van der Waals surface area contributed by atoms with E-state index in [2.05, 4.69) is 29.0 Å². The number of hydrogen-bond donors (Lipinski definition) is 1. The number of likely N-dealkylation sites (N-methyl/N-ethyl adjacent to an activating group) is 1. The van der Waals surface area contributed by atoms with Crippen LogP contribution in [0.3, 0.4) is 0 Å². The van der Waals surface area contributed by atoms with Gasteiger partial charge in [0.15, 0.2) is 0 Å². The third-order valence-corrected chi connectivity index (χ3v) is 5.16. The Balaban J connectivity index is 1.65. The van der Waals surface area contributed by atoms with Gasteiger partial charge >= 0.3 is 0 Å². The van der Waals surface area contributed by atoms with Crippen LogP contribution in [0.5, 0.6) is 0 Å². The maximum Gasteiger partial charge on any atom is 0.258 e. The largest absolute Gasteiger partial charge is 0.398 e. The molecule has 1 amide bonds. The predicted molar refractivity (Wildman–Crippen MR) is 108 cm³/mol. The van der Waals surface area contributed by atoms with E-state index in [1.807, 2.05) is 37.3 Å². The van der Waals surface area contributed by atoms with E-state index < -0.39 is 0 Å². The van der Waals surface area contributed by atoms with E-state index in [0.717, 1.165) is 44.0 Å². The Hall–Kier alpha value is -2.37. The number of nitrogens with zero attached hydrogens (tertiary/aromatic N) is 3. The highest BCUT2D eigenvalue weighted by Crippen LogP contribution is 2.21. The van der Waals surface area contributed by atoms with Crippen molar-refractivity contribution in [1.82, 2.24) is 9.80 Å². The number of anilines is 2. The van der Waals surface area contributed by atoms with E-state index in [-0.39, 0.29) is 5.91 Å². The van der Waals surface area contributed by atoms with Crippen molar-refractivity contribution < 1.29 is 4.79 Å². The molecule has 2 aromatic rings. The molecule has 0 atom stereocenters. The highest BCUT2D eigenvalue weighted by atomic mass is 16.2. The normalized spacial score (nSPS) is 15.8. The van der Waals surface area contributed by atoms with Gasteiger partial charge in [0.25, 0.3) is 5.91 Å². The third kappa shape index (κ3) is 4.23. The number of piperazine rings is 1. The van der Waals surface area contributed by atoms with Crippen LogP contribution in [0.1, 0.15) is 21.5 Å². The molecular weight excluding hydrogens is 324 g/mol. The minimum Gasteiger partial charge on any atom is -0.398 e. The molecule has 5 heteroatoms. The summed E-state index contributed by atoms with van der Waals surface area (Å²) in [6, 6.07) is 13.7. The van der Waals surface area contributed by atoms with Crippen molar-refractivity contribution in [3.63, 3.8) is 0 Å². The molecule has 1 saturated heterocycles. The van der Waals surface area contributed by atoms with E-state index in [1.54, 1.807) is 11.9 Å². The van der Waals surface area contributed by atoms with Crippen LogP contribution in [0.4, 0.5) is 11.4 Å². The topological polar surface area (TPSA) is 52.8 Å². The lowest BCUT2D eigenvalue weighted by atomic mass is 10.1. The average molecular weight is 352 g/mol. The molecule has 1 fully saturated rings. The zero-order valence-corrected chi connectivity index (χ0v) is 15.9. The van der Waals surface area contributed by atoms with Crippen LogP contribution in [0, 0.1) is 6.92 Å². The molecule has 0 spiro atoms. The molecule has 1 aliphatic rings. The molecule has 0 aliphatic carbocycles. The fourth-order valence-corrected chi connectivity index (χ4v) is 3.16. The summed E-state index contributed by atoms with van der Waals surface area (Å²) in [5.41, 5.74) is 10.4. The Morgan fingerprint density at radius 1 is 1.08 bits per heavy atom. The Morgan fingerprint density at radius 3 is 2.35 bits per heavy atom. The molecule has 0 radical (unpaired) electrons. The number of carbonyl (C=O) groups is 1. The van der Waals surface area contributed by atoms with E-state index in [9.17, 15) is 4.79 Å². The number of carbonyl (C=O) groups excluding carboxylic acids is 1.